The van der Waals surface area contributed by atoms with Crippen LogP contribution in [-0.2, 0) is 22.6 Å². The van der Waals surface area contributed by atoms with Crippen molar-refractivity contribution < 1.29 is 13.9 Å². The zero-order valence-electron chi connectivity index (χ0n) is 21.0. The van der Waals surface area contributed by atoms with Gasteiger partial charge in [0.15, 0.2) is 11.5 Å². The molecule has 2 aliphatic heterocycles. The third kappa shape index (κ3) is 4.77. The van der Waals surface area contributed by atoms with Crippen LogP contribution in [0.25, 0.3) is 11.2 Å². The highest BCUT2D eigenvalue weighted by Gasteiger charge is 2.43. The summed E-state index contributed by atoms with van der Waals surface area (Å²) in [4.78, 5) is 29.8. The number of halogens is 2. The summed E-state index contributed by atoms with van der Waals surface area (Å²) in [6, 6.07) is 2.07. The molecule has 1 unspecified atom stereocenters. The molecule has 0 radical (unpaired) electrons. The van der Waals surface area contributed by atoms with Crippen LogP contribution in [0.5, 0.6) is 0 Å². The Morgan fingerprint density at radius 3 is 2.76 bits per heavy atom. The highest BCUT2D eigenvalue weighted by molar-refractivity contribution is 6.32. The normalized spacial score (nSPS) is 22.3. The first-order valence-electron chi connectivity index (χ1n) is 12.9. The number of morpholine rings is 1. The minimum atomic E-state index is -1.03. The second-order valence-corrected chi connectivity index (χ2v) is 10.8. The van der Waals surface area contributed by atoms with E-state index in [0.717, 1.165) is 18.5 Å². The second-order valence-electron chi connectivity index (χ2n) is 10.4. The molecule has 11 nitrogen and oxygen atoms in total. The van der Waals surface area contributed by atoms with E-state index in [2.05, 4.69) is 25.2 Å². The van der Waals surface area contributed by atoms with Gasteiger partial charge in [0.1, 0.15) is 23.2 Å². The summed E-state index contributed by atoms with van der Waals surface area (Å²) >= 11 is 6.76. The molecule has 1 saturated carbocycles. The summed E-state index contributed by atoms with van der Waals surface area (Å²) < 4.78 is 23.0. The number of nitrogens with zero attached hydrogens (tertiary/aromatic N) is 6. The molecule has 1 amide bonds. The first kappa shape index (κ1) is 25.2. The van der Waals surface area contributed by atoms with Crippen LogP contribution in [0.15, 0.2) is 18.7 Å². The maximum atomic E-state index is 15.8. The van der Waals surface area contributed by atoms with Gasteiger partial charge in [-0.05, 0) is 25.3 Å². The highest BCUT2D eigenvalue weighted by atomic mass is 35.5. The van der Waals surface area contributed by atoms with E-state index in [9.17, 15) is 4.79 Å². The fourth-order valence-electron chi connectivity index (χ4n) is 5.21. The predicted octanol–water partition coefficient (Wildman–Crippen LogP) is 1.27. The Morgan fingerprint density at radius 1 is 1.21 bits per heavy atom. The lowest BCUT2D eigenvalue weighted by Crippen LogP contribution is -2.56. The zero-order chi connectivity index (χ0) is 26.4. The van der Waals surface area contributed by atoms with Crippen molar-refractivity contribution >= 4 is 40.2 Å². The lowest BCUT2D eigenvalue weighted by Gasteiger charge is -2.30. The van der Waals surface area contributed by atoms with E-state index in [1.807, 2.05) is 11.0 Å². The van der Waals surface area contributed by atoms with Gasteiger partial charge in [-0.1, -0.05) is 11.6 Å². The monoisotopic (exact) mass is 543 g/mol. The summed E-state index contributed by atoms with van der Waals surface area (Å²) in [7, 11) is 0. The zero-order valence-corrected chi connectivity index (χ0v) is 21.8. The molecule has 3 fully saturated rings. The number of aromatic nitrogens is 4. The molecule has 1 aromatic carbocycles. The minimum Gasteiger partial charge on any atom is -0.382 e. The summed E-state index contributed by atoms with van der Waals surface area (Å²) in [6.45, 7) is 4.11. The summed E-state index contributed by atoms with van der Waals surface area (Å²) in [5.41, 5.74) is 14.3. The molecule has 13 heteroatoms. The molecule has 6 rings (SSSR count). The summed E-state index contributed by atoms with van der Waals surface area (Å²) in [5, 5.41) is 3.07. The van der Waals surface area contributed by atoms with E-state index in [4.69, 9.17) is 27.8 Å². The number of carbonyl (C=O) groups is 1. The van der Waals surface area contributed by atoms with Crippen LogP contribution in [-0.4, -0.2) is 81.3 Å². The SMILES string of the molecule is Nc1ncnc2c1ncn2Cc1c(N2CCC(N)(C(=O)NC3CC3)C2)cc(CN2CCOCC2)c(F)c1Cl. The Bertz CT molecular complexity index is 1370. The fourth-order valence-corrected chi connectivity index (χ4v) is 5.49. The Hall–Kier alpha value is -3.06. The number of carbonyl (C=O) groups excluding carboxylic acids is 1. The van der Waals surface area contributed by atoms with E-state index in [0.29, 0.717) is 74.6 Å². The van der Waals surface area contributed by atoms with Crippen molar-refractivity contribution in [2.45, 2.75) is 43.9 Å². The third-order valence-electron chi connectivity index (χ3n) is 7.62. The largest absolute Gasteiger partial charge is 0.382 e. The van der Waals surface area contributed by atoms with E-state index in [1.165, 1.54) is 6.33 Å². The number of ether oxygens (including phenoxy) is 1. The van der Waals surface area contributed by atoms with Crippen molar-refractivity contribution in [2.24, 2.45) is 5.73 Å². The minimum absolute atomic E-state index is 0.0339. The van der Waals surface area contributed by atoms with Crippen LogP contribution >= 0.6 is 11.6 Å². The molecule has 3 aliphatic rings. The molecule has 202 valence electrons. The smallest absolute Gasteiger partial charge is 0.242 e. The van der Waals surface area contributed by atoms with Gasteiger partial charge in [0, 0.05) is 55.6 Å². The molecule has 0 spiro atoms. The molecule has 2 aromatic heterocycles. The standard InChI is InChI=1S/C25H31ClFN9O2/c26-19-17(11-36-14-32-21-22(28)30-13-31-23(21)36)18(9-15(20(19)27)10-34-5-7-38-8-6-34)35-4-3-25(29,12-35)24(37)33-16-1-2-16/h9,13-14,16H,1-8,10-12,29H2,(H,33,37)(H2,28,30,31). The van der Waals surface area contributed by atoms with E-state index in [1.54, 1.807) is 10.9 Å². The van der Waals surface area contributed by atoms with Gasteiger partial charge < -0.3 is 31.0 Å². The van der Waals surface area contributed by atoms with E-state index >= 15 is 4.39 Å². The number of amides is 1. The van der Waals surface area contributed by atoms with E-state index in [-0.39, 0.29) is 29.3 Å². The Morgan fingerprint density at radius 2 is 2.00 bits per heavy atom. The molecule has 0 bridgehead atoms. The van der Waals surface area contributed by atoms with Crippen molar-refractivity contribution in [3.8, 4) is 0 Å². The van der Waals surface area contributed by atoms with Crippen molar-refractivity contribution in [2.75, 3.05) is 50.0 Å². The number of nitrogens with two attached hydrogens (primary N) is 2. The average molecular weight is 544 g/mol. The molecule has 38 heavy (non-hydrogen) atoms. The van der Waals surface area contributed by atoms with Crippen molar-refractivity contribution in [1.29, 1.82) is 0 Å². The van der Waals surface area contributed by atoms with Gasteiger partial charge in [0.05, 0.1) is 31.1 Å². The molecule has 3 aromatic rings. The van der Waals surface area contributed by atoms with Crippen LogP contribution in [0.3, 0.4) is 0 Å². The van der Waals surface area contributed by atoms with Crippen LogP contribution in [0, 0.1) is 5.82 Å². The maximum absolute atomic E-state index is 15.8. The number of fused-ring (bicyclic) bond motifs is 1. The number of benzene rings is 1. The lowest BCUT2D eigenvalue weighted by molar-refractivity contribution is -0.125. The fraction of sp³-hybridized carbons (Fsp3) is 0.520. The summed E-state index contributed by atoms with van der Waals surface area (Å²) in [6.07, 6.45) is 5.42. The number of imidazole rings is 1. The topological polar surface area (TPSA) is 140 Å². The van der Waals surface area contributed by atoms with Gasteiger partial charge in [-0.25, -0.2) is 19.3 Å². The van der Waals surface area contributed by atoms with Crippen molar-refractivity contribution in [3.63, 3.8) is 0 Å². The Labute approximate surface area is 224 Å². The van der Waals surface area contributed by atoms with Crippen LogP contribution < -0.4 is 21.7 Å². The van der Waals surface area contributed by atoms with Gasteiger partial charge in [-0.3, -0.25) is 9.69 Å². The highest BCUT2D eigenvalue weighted by Crippen LogP contribution is 2.37. The number of nitrogens with one attached hydrogen (secondary N) is 1. The lowest BCUT2D eigenvalue weighted by atomic mass is 9.99. The molecular formula is C25H31ClFN9O2. The van der Waals surface area contributed by atoms with E-state index < -0.39 is 11.4 Å². The molecule has 1 aliphatic carbocycles. The number of rotatable bonds is 7. The predicted molar refractivity (Wildman–Crippen MR) is 141 cm³/mol. The molecule has 2 saturated heterocycles. The Balaban J connectivity index is 1.37. The van der Waals surface area contributed by atoms with Gasteiger partial charge in [-0.2, -0.15) is 0 Å². The van der Waals surface area contributed by atoms with Crippen LogP contribution in [0.4, 0.5) is 15.9 Å². The van der Waals surface area contributed by atoms with Gasteiger partial charge in [0.25, 0.3) is 0 Å². The quantitative estimate of drug-likeness (QED) is 0.401. The molecule has 4 heterocycles. The molecule has 5 N–H and O–H groups in total. The number of anilines is 2. The first-order chi connectivity index (χ1) is 18.3. The van der Waals surface area contributed by atoms with Gasteiger partial charge in [-0.15, -0.1) is 0 Å². The third-order valence-corrected chi connectivity index (χ3v) is 8.02. The van der Waals surface area contributed by atoms with Crippen LogP contribution in [0.2, 0.25) is 5.02 Å². The van der Waals surface area contributed by atoms with Crippen molar-refractivity contribution in [3.05, 3.63) is 40.7 Å². The first-order valence-corrected chi connectivity index (χ1v) is 13.3. The second kappa shape index (κ2) is 9.92. The number of hydrogen-bond acceptors (Lipinski definition) is 9. The molecular weight excluding hydrogens is 513 g/mol. The van der Waals surface area contributed by atoms with Crippen molar-refractivity contribution in [1.82, 2.24) is 29.7 Å². The average Bonchev–Trinajstić information content (AvgIpc) is 3.49. The van der Waals surface area contributed by atoms with Crippen LogP contribution in [0.1, 0.15) is 30.4 Å². The number of hydrogen-bond donors (Lipinski definition) is 3. The summed E-state index contributed by atoms with van der Waals surface area (Å²) in [5.74, 6) is -0.333. The van der Waals surface area contributed by atoms with Gasteiger partial charge >= 0.3 is 0 Å². The molecule has 1 atom stereocenters. The Kier molecular flexibility index (Phi) is 6.58. The number of nitrogen functional groups attached to an aromatic ring is 1. The van der Waals surface area contributed by atoms with Gasteiger partial charge in [0.2, 0.25) is 5.91 Å². The maximum Gasteiger partial charge on any atom is 0.242 e.